The van der Waals surface area contributed by atoms with Crippen LogP contribution < -0.4 is 5.32 Å². The molecule has 1 aromatic heterocycles. The highest BCUT2D eigenvalue weighted by Crippen LogP contribution is 2.22. The van der Waals surface area contributed by atoms with Gasteiger partial charge in [-0.3, -0.25) is 4.68 Å². The van der Waals surface area contributed by atoms with Gasteiger partial charge in [-0.05, 0) is 48.3 Å². The monoisotopic (exact) mass is 305 g/mol. The van der Waals surface area contributed by atoms with Crippen LogP contribution in [0.15, 0.2) is 4.47 Å². The molecule has 0 aromatic carbocycles. The Morgan fingerprint density at radius 3 is 2.69 bits per heavy atom. The molecule has 5 heteroatoms. The zero-order chi connectivity index (χ0) is 12.1. The number of aryl methyl sites for hydroxylation is 2. The molecule has 92 valence electrons. The van der Waals surface area contributed by atoms with Gasteiger partial charge in [0.05, 0.1) is 15.9 Å². The Hall–Kier alpha value is 0. The van der Waals surface area contributed by atoms with Gasteiger partial charge in [-0.1, -0.05) is 0 Å². The molecule has 0 saturated heterocycles. The van der Waals surface area contributed by atoms with Crippen LogP contribution in [0.3, 0.4) is 0 Å². The summed E-state index contributed by atoms with van der Waals surface area (Å²) in [6.45, 7) is 2.03. The van der Waals surface area contributed by atoms with Crippen molar-refractivity contribution >= 4 is 27.7 Å². The maximum absolute atomic E-state index is 4.42. The lowest BCUT2D eigenvalue weighted by Gasteiger charge is -2.15. The Morgan fingerprint density at radius 1 is 1.56 bits per heavy atom. The van der Waals surface area contributed by atoms with Crippen LogP contribution in [0, 0.1) is 6.92 Å². The van der Waals surface area contributed by atoms with Gasteiger partial charge in [0.25, 0.3) is 0 Å². The molecule has 0 radical (unpaired) electrons. The average Bonchev–Trinajstić information content (AvgIpc) is 2.50. The number of likely N-dealkylation sites (N-methyl/N-ethyl adjacent to an activating group) is 1. The van der Waals surface area contributed by atoms with E-state index in [0.717, 1.165) is 16.6 Å². The number of hydrogen-bond donors (Lipinski definition) is 1. The second-order valence-corrected chi connectivity index (χ2v) is 5.72. The summed E-state index contributed by atoms with van der Waals surface area (Å²) in [5.41, 5.74) is 2.34. The van der Waals surface area contributed by atoms with Crippen molar-refractivity contribution < 1.29 is 0 Å². The molecule has 0 fully saturated rings. The minimum atomic E-state index is 0.526. The van der Waals surface area contributed by atoms with Crippen molar-refractivity contribution in [3.63, 3.8) is 0 Å². The van der Waals surface area contributed by atoms with Gasteiger partial charge in [0.1, 0.15) is 0 Å². The van der Waals surface area contributed by atoms with E-state index in [4.69, 9.17) is 0 Å². The largest absolute Gasteiger partial charge is 0.317 e. The summed E-state index contributed by atoms with van der Waals surface area (Å²) in [6.07, 6.45) is 4.36. The SMILES string of the molecule is CNC(CCSC)Cc1c(Br)c(C)nn1C. The Morgan fingerprint density at radius 2 is 2.25 bits per heavy atom. The Labute approximate surface area is 110 Å². The summed E-state index contributed by atoms with van der Waals surface area (Å²) in [5.74, 6) is 1.19. The van der Waals surface area contributed by atoms with Crippen molar-refractivity contribution in [1.29, 1.82) is 0 Å². The number of aromatic nitrogens is 2. The van der Waals surface area contributed by atoms with Crippen LogP contribution in [0.1, 0.15) is 17.8 Å². The van der Waals surface area contributed by atoms with Crippen molar-refractivity contribution in [2.24, 2.45) is 7.05 Å². The van der Waals surface area contributed by atoms with E-state index in [1.807, 2.05) is 37.5 Å². The zero-order valence-electron chi connectivity index (χ0n) is 10.4. The van der Waals surface area contributed by atoms with Gasteiger partial charge in [0.2, 0.25) is 0 Å². The molecule has 1 atom stereocenters. The highest BCUT2D eigenvalue weighted by atomic mass is 79.9. The summed E-state index contributed by atoms with van der Waals surface area (Å²) in [5, 5.41) is 7.79. The molecular weight excluding hydrogens is 286 g/mol. The lowest BCUT2D eigenvalue weighted by Crippen LogP contribution is -2.29. The van der Waals surface area contributed by atoms with E-state index in [0.29, 0.717) is 6.04 Å². The molecule has 0 bridgehead atoms. The topological polar surface area (TPSA) is 29.9 Å². The van der Waals surface area contributed by atoms with Crippen LogP contribution in [-0.4, -0.2) is 34.9 Å². The van der Waals surface area contributed by atoms with Gasteiger partial charge >= 0.3 is 0 Å². The maximum Gasteiger partial charge on any atom is 0.0738 e. The fourth-order valence-corrected chi connectivity index (χ4v) is 2.76. The van der Waals surface area contributed by atoms with Crippen LogP contribution in [0.5, 0.6) is 0 Å². The molecule has 0 saturated carbocycles. The van der Waals surface area contributed by atoms with Gasteiger partial charge in [-0.15, -0.1) is 0 Å². The lowest BCUT2D eigenvalue weighted by molar-refractivity contribution is 0.525. The molecule has 3 nitrogen and oxygen atoms in total. The molecule has 0 aliphatic rings. The normalized spacial score (nSPS) is 13.1. The number of nitrogens with zero attached hydrogens (tertiary/aromatic N) is 2. The van der Waals surface area contributed by atoms with Gasteiger partial charge in [-0.2, -0.15) is 16.9 Å². The van der Waals surface area contributed by atoms with Crippen molar-refractivity contribution in [2.45, 2.75) is 25.8 Å². The summed E-state index contributed by atoms with van der Waals surface area (Å²) in [6, 6.07) is 0.526. The number of rotatable bonds is 6. The van der Waals surface area contributed by atoms with Crippen molar-refractivity contribution in [3.8, 4) is 0 Å². The summed E-state index contributed by atoms with van der Waals surface area (Å²) in [7, 11) is 4.04. The number of nitrogens with one attached hydrogen (secondary N) is 1. The van der Waals surface area contributed by atoms with Crippen LogP contribution >= 0.6 is 27.7 Å². The molecule has 1 aromatic rings. The highest BCUT2D eigenvalue weighted by Gasteiger charge is 2.15. The number of thioether (sulfide) groups is 1. The molecular formula is C11H20BrN3S. The third kappa shape index (κ3) is 3.50. The van der Waals surface area contributed by atoms with Gasteiger partial charge in [0, 0.05) is 19.5 Å². The Bertz CT molecular complexity index is 338. The van der Waals surface area contributed by atoms with Crippen LogP contribution in [-0.2, 0) is 13.5 Å². The molecule has 1 rings (SSSR count). The smallest absolute Gasteiger partial charge is 0.0738 e. The summed E-state index contributed by atoms with van der Waals surface area (Å²) < 4.78 is 3.13. The number of hydrogen-bond acceptors (Lipinski definition) is 3. The van der Waals surface area contributed by atoms with E-state index in [9.17, 15) is 0 Å². The third-order valence-electron chi connectivity index (χ3n) is 2.78. The molecule has 0 spiro atoms. The van der Waals surface area contributed by atoms with Crippen molar-refractivity contribution in [3.05, 3.63) is 15.9 Å². The lowest BCUT2D eigenvalue weighted by atomic mass is 10.1. The predicted molar refractivity (Wildman–Crippen MR) is 75.2 cm³/mol. The fraction of sp³-hybridized carbons (Fsp3) is 0.727. The van der Waals surface area contributed by atoms with Gasteiger partial charge < -0.3 is 5.32 Å². The first-order valence-corrected chi connectivity index (χ1v) is 7.63. The Balaban J connectivity index is 2.69. The van der Waals surface area contributed by atoms with E-state index in [1.54, 1.807) is 0 Å². The molecule has 0 aliphatic carbocycles. The highest BCUT2D eigenvalue weighted by molar-refractivity contribution is 9.10. The second-order valence-electron chi connectivity index (χ2n) is 3.94. The first-order valence-electron chi connectivity index (χ1n) is 5.44. The van der Waals surface area contributed by atoms with E-state index in [2.05, 4.69) is 32.6 Å². The van der Waals surface area contributed by atoms with Crippen LogP contribution in [0.25, 0.3) is 0 Å². The minimum absolute atomic E-state index is 0.526. The van der Waals surface area contributed by atoms with E-state index in [1.165, 1.54) is 17.9 Å². The molecule has 1 unspecified atom stereocenters. The van der Waals surface area contributed by atoms with E-state index >= 15 is 0 Å². The first-order chi connectivity index (χ1) is 7.60. The number of halogens is 1. The van der Waals surface area contributed by atoms with Crippen LogP contribution in [0.2, 0.25) is 0 Å². The Kier molecular flexibility index (Phi) is 5.86. The van der Waals surface area contributed by atoms with Gasteiger partial charge in [-0.25, -0.2) is 0 Å². The first kappa shape index (κ1) is 14.1. The second kappa shape index (κ2) is 6.67. The van der Waals surface area contributed by atoms with Crippen molar-refractivity contribution in [2.75, 3.05) is 19.1 Å². The third-order valence-corrected chi connectivity index (χ3v) is 4.46. The predicted octanol–water partition coefficient (Wildman–Crippen LogP) is 2.37. The minimum Gasteiger partial charge on any atom is -0.317 e. The van der Waals surface area contributed by atoms with E-state index in [-0.39, 0.29) is 0 Å². The molecule has 16 heavy (non-hydrogen) atoms. The van der Waals surface area contributed by atoms with Gasteiger partial charge in [0.15, 0.2) is 0 Å². The summed E-state index contributed by atoms with van der Waals surface area (Å²) >= 11 is 5.51. The maximum atomic E-state index is 4.42. The summed E-state index contributed by atoms with van der Waals surface area (Å²) in [4.78, 5) is 0. The molecule has 1 heterocycles. The quantitative estimate of drug-likeness (QED) is 0.875. The fourth-order valence-electron chi connectivity index (χ4n) is 1.74. The molecule has 1 N–H and O–H groups in total. The standard InChI is InChI=1S/C11H20BrN3S/c1-8-11(12)10(15(3)14-8)7-9(13-2)5-6-16-4/h9,13H,5-7H2,1-4H3. The zero-order valence-corrected chi connectivity index (χ0v) is 12.8. The van der Waals surface area contributed by atoms with Crippen molar-refractivity contribution in [1.82, 2.24) is 15.1 Å². The average molecular weight is 306 g/mol. The molecule has 0 aliphatic heterocycles. The van der Waals surface area contributed by atoms with Crippen LogP contribution in [0.4, 0.5) is 0 Å². The van der Waals surface area contributed by atoms with E-state index < -0.39 is 0 Å². The molecule has 0 amide bonds.